The molecule has 0 saturated carbocycles. The van der Waals surface area contributed by atoms with Gasteiger partial charge in [-0.2, -0.15) is 4.31 Å². The zero-order valence-electron chi connectivity index (χ0n) is 18.4. The van der Waals surface area contributed by atoms with E-state index in [0.29, 0.717) is 4.31 Å². The SMILES string of the molecule is Cc1cc(F)ccc1S(=O)(=O)N(C(=O)c1ccncc1)c1ccc2oc(C)c(C(=O)O)c2c1C. The van der Waals surface area contributed by atoms with E-state index < -0.39 is 27.7 Å². The number of benzene rings is 2. The fourth-order valence-electron chi connectivity index (χ4n) is 3.90. The van der Waals surface area contributed by atoms with Crippen LogP contribution in [0.5, 0.6) is 0 Å². The second-order valence-electron chi connectivity index (χ2n) is 7.64. The minimum absolute atomic E-state index is 0.0414. The maximum Gasteiger partial charge on any atom is 0.339 e. The topological polar surface area (TPSA) is 118 Å². The lowest BCUT2D eigenvalue weighted by Crippen LogP contribution is -2.38. The third-order valence-electron chi connectivity index (χ3n) is 5.46. The summed E-state index contributed by atoms with van der Waals surface area (Å²) in [6, 6.07) is 8.65. The standard InChI is InChI=1S/C24H19FN2O6S/c1-13-12-17(25)4-7-20(13)34(31,32)27(23(28)16-8-10-26-11-9-16)18-5-6-19-21(14(18)2)22(24(29)30)15(3)33-19/h4-12H,1-3H3,(H,29,30). The summed E-state index contributed by atoms with van der Waals surface area (Å²) in [5.74, 6) is -2.61. The Kier molecular flexibility index (Phi) is 5.70. The Morgan fingerprint density at radius 1 is 1.03 bits per heavy atom. The summed E-state index contributed by atoms with van der Waals surface area (Å²) in [6.07, 6.45) is 2.69. The number of halogens is 1. The van der Waals surface area contributed by atoms with Gasteiger partial charge in [-0.25, -0.2) is 17.6 Å². The van der Waals surface area contributed by atoms with Crippen molar-refractivity contribution in [2.45, 2.75) is 25.7 Å². The van der Waals surface area contributed by atoms with Gasteiger partial charge in [0, 0.05) is 23.3 Å². The number of carbonyl (C=O) groups is 2. The number of furan rings is 1. The molecule has 0 saturated heterocycles. The summed E-state index contributed by atoms with van der Waals surface area (Å²) in [4.78, 5) is 29.0. The highest BCUT2D eigenvalue weighted by Gasteiger charge is 2.35. The first kappa shape index (κ1) is 23.1. The quantitative estimate of drug-likeness (QED) is 0.441. The monoisotopic (exact) mass is 482 g/mol. The van der Waals surface area contributed by atoms with Gasteiger partial charge in [-0.1, -0.05) is 0 Å². The number of carboxylic acids is 1. The molecule has 2 aromatic heterocycles. The van der Waals surface area contributed by atoms with Crippen LogP contribution < -0.4 is 4.31 Å². The summed E-state index contributed by atoms with van der Waals surface area (Å²) in [6.45, 7) is 4.42. The second-order valence-corrected chi connectivity index (χ2v) is 9.40. The summed E-state index contributed by atoms with van der Waals surface area (Å²) >= 11 is 0. The number of fused-ring (bicyclic) bond motifs is 1. The number of hydrogen-bond donors (Lipinski definition) is 1. The smallest absolute Gasteiger partial charge is 0.339 e. The van der Waals surface area contributed by atoms with Crippen molar-refractivity contribution in [3.63, 3.8) is 0 Å². The Labute approximate surface area is 194 Å². The molecule has 0 aliphatic carbocycles. The Balaban J connectivity index is 2.04. The van der Waals surface area contributed by atoms with Gasteiger partial charge in [0.2, 0.25) is 0 Å². The molecule has 0 aliphatic rings. The molecule has 0 unspecified atom stereocenters. The number of aromatic nitrogens is 1. The highest BCUT2D eigenvalue weighted by Crippen LogP contribution is 2.37. The number of anilines is 1. The van der Waals surface area contributed by atoms with E-state index in [0.717, 1.165) is 18.2 Å². The molecule has 0 spiro atoms. The van der Waals surface area contributed by atoms with Crippen molar-refractivity contribution in [3.8, 4) is 0 Å². The molecule has 1 amide bonds. The Morgan fingerprint density at radius 3 is 2.32 bits per heavy atom. The van der Waals surface area contributed by atoms with Crippen LogP contribution in [0.1, 0.15) is 37.6 Å². The molecule has 0 bridgehead atoms. The predicted octanol–water partition coefficient (Wildman–Crippen LogP) is 4.63. The van der Waals surface area contributed by atoms with Crippen LogP contribution in [0.25, 0.3) is 11.0 Å². The van der Waals surface area contributed by atoms with Gasteiger partial charge in [0.15, 0.2) is 0 Å². The van der Waals surface area contributed by atoms with Gasteiger partial charge in [0.05, 0.1) is 10.6 Å². The number of carboxylic acid groups (broad SMARTS) is 1. The van der Waals surface area contributed by atoms with Crippen molar-refractivity contribution in [1.82, 2.24) is 4.98 Å². The van der Waals surface area contributed by atoms with Gasteiger partial charge in [-0.15, -0.1) is 0 Å². The highest BCUT2D eigenvalue weighted by atomic mass is 32.2. The number of carbonyl (C=O) groups excluding carboxylic acids is 1. The molecule has 8 nitrogen and oxygen atoms in total. The normalized spacial score (nSPS) is 11.5. The fraction of sp³-hybridized carbons (Fsp3) is 0.125. The number of aromatic carboxylic acids is 1. The van der Waals surface area contributed by atoms with Gasteiger partial charge < -0.3 is 9.52 Å². The van der Waals surface area contributed by atoms with Gasteiger partial charge in [-0.3, -0.25) is 9.78 Å². The predicted molar refractivity (Wildman–Crippen MR) is 122 cm³/mol. The number of aryl methyl sites for hydroxylation is 3. The minimum Gasteiger partial charge on any atom is -0.478 e. The third kappa shape index (κ3) is 3.71. The molecule has 1 N–H and O–H groups in total. The van der Waals surface area contributed by atoms with Gasteiger partial charge in [-0.05, 0) is 74.4 Å². The van der Waals surface area contributed by atoms with E-state index in [4.69, 9.17) is 4.42 Å². The number of nitrogens with zero attached hydrogens (tertiary/aromatic N) is 2. The van der Waals surface area contributed by atoms with E-state index in [2.05, 4.69) is 4.98 Å². The summed E-state index contributed by atoms with van der Waals surface area (Å²) < 4.78 is 47.5. The van der Waals surface area contributed by atoms with E-state index in [1.165, 1.54) is 57.4 Å². The molecular weight excluding hydrogens is 463 g/mol. The van der Waals surface area contributed by atoms with Crippen molar-refractivity contribution in [3.05, 3.63) is 88.7 Å². The second kappa shape index (κ2) is 8.38. The molecule has 2 heterocycles. The maximum absolute atomic E-state index is 13.8. The largest absolute Gasteiger partial charge is 0.478 e. The van der Waals surface area contributed by atoms with Crippen LogP contribution in [0.15, 0.2) is 64.2 Å². The first-order valence-corrected chi connectivity index (χ1v) is 11.5. The van der Waals surface area contributed by atoms with E-state index in [1.807, 2.05) is 0 Å². The molecule has 4 aromatic rings. The maximum atomic E-state index is 13.8. The lowest BCUT2D eigenvalue weighted by atomic mass is 10.0. The molecule has 34 heavy (non-hydrogen) atoms. The number of sulfonamides is 1. The summed E-state index contributed by atoms with van der Waals surface area (Å²) in [5, 5.41) is 9.87. The molecule has 0 atom stereocenters. The minimum atomic E-state index is -4.55. The molecule has 2 aromatic carbocycles. The fourth-order valence-corrected chi connectivity index (χ4v) is 5.58. The zero-order valence-corrected chi connectivity index (χ0v) is 19.2. The molecule has 0 aliphatic heterocycles. The molecule has 0 radical (unpaired) electrons. The number of rotatable bonds is 5. The number of pyridine rings is 1. The Morgan fingerprint density at radius 2 is 1.71 bits per heavy atom. The van der Waals surface area contributed by atoms with Gasteiger partial charge in [0.25, 0.3) is 15.9 Å². The van der Waals surface area contributed by atoms with E-state index in [-0.39, 0.29) is 49.6 Å². The van der Waals surface area contributed by atoms with E-state index in [1.54, 1.807) is 0 Å². The van der Waals surface area contributed by atoms with Crippen molar-refractivity contribution in [1.29, 1.82) is 0 Å². The molecule has 174 valence electrons. The van der Waals surface area contributed by atoms with Crippen LogP contribution in [0.2, 0.25) is 0 Å². The van der Waals surface area contributed by atoms with Crippen LogP contribution in [-0.2, 0) is 10.0 Å². The third-order valence-corrected chi connectivity index (χ3v) is 7.32. The van der Waals surface area contributed by atoms with Crippen molar-refractivity contribution < 1.29 is 31.9 Å². The average Bonchev–Trinajstić information content (AvgIpc) is 3.12. The molecule has 0 fully saturated rings. The van der Waals surface area contributed by atoms with Crippen LogP contribution in [-0.4, -0.2) is 30.4 Å². The van der Waals surface area contributed by atoms with Gasteiger partial charge in [0.1, 0.15) is 22.7 Å². The summed E-state index contributed by atoms with van der Waals surface area (Å²) in [5.41, 5.74) is 0.430. The van der Waals surface area contributed by atoms with Crippen LogP contribution in [0, 0.1) is 26.6 Å². The Hall–Kier alpha value is -4.05. The first-order chi connectivity index (χ1) is 16.0. The van der Waals surface area contributed by atoms with E-state index >= 15 is 0 Å². The van der Waals surface area contributed by atoms with Crippen LogP contribution in [0.3, 0.4) is 0 Å². The first-order valence-electron chi connectivity index (χ1n) is 10.1. The van der Waals surface area contributed by atoms with Crippen LogP contribution in [0.4, 0.5) is 10.1 Å². The van der Waals surface area contributed by atoms with Gasteiger partial charge >= 0.3 is 5.97 Å². The zero-order chi connectivity index (χ0) is 24.8. The molecule has 10 heteroatoms. The molecule has 4 rings (SSSR count). The Bertz CT molecular complexity index is 1560. The molecular formula is C24H19FN2O6S. The highest BCUT2D eigenvalue weighted by molar-refractivity contribution is 7.93. The van der Waals surface area contributed by atoms with Crippen molar-refractivity contribution in [2.75, 3.05) is 4.31 Å². The average molecular weight is 482 g/mol. The lowest BCUT2D eigenvalue weighted by molar-refractivity contribution is 0.0696. The number of hydrogen-bond acceptors (Lipinski definition) is 6. The summed E-state index contributed by atoms with van der Waals surface area (Å²) in [7, 11) is -4.55. The van der Waals surface area contributed by atoms with E-state index in [9.17, 15) is 27.5 Å². The van der Waals surface area contributed by atoms with Crippen molar-refractivity contribution >= 4 is 38.6 Å². The lowest BCUT2D eigenvalue weighted by Gasteiger charge is -2.25. The van der Waals surface area contributed by atoms with Crippen molar-refractivity contribution in [2.24, 2.45) is 0 Å². The van der Waals surface area contributed by atoms with Crippen LogP contribution >= 0.6 is 0 Å². The number of amides is 1.